The Hall–Kier alpha value is -2.80. The zero-order chi connectivity index (χ0) is 17.8. The number of hydrogen-bond acceptors (Lipinski definition) is 6. The molecule has 1 amide bonds. The largest absolute Gasteiger partial charge is 0.326 e. The van der Waals surface area contributed by atoms with Gasteiger partial charge in [0, 0.05) is 24.5 Å². The molecule has 0 aliphatic carbocycles. The molecule has 1 aromatic carbocycles. The number of aromatic nitrogens is 3. The zero-order valence-corrected chi connectivity index (χ0v) is 15.1. The van der Waals surface area contributed by atoms with E-state index in [1.807, 2.05) is 37.3 Å². The van der Waals surface area contributed by atoms with Gasteiger partial charge in [-0.3, -0.25) is 4.79 Å². The highest BCUT2D eigenvalue weighted by Crippen LogP contribution is 2.29. The Labute approximate surface area is 150 Å². The molecule has 0 unspecified atom stereocenters. The van der Waals surface area contributed by atoms with Gasteiger partial charge in [0.1, 0.15) is 0 Å². The number of anilines is 3. The van der Waals surface area contributed by atoms with Gasteiger partial charge in [0.2, 0.25) is 11.9 Å². The van der Waals surface area contributed by atoms with Gasteiger partial charge in [0.05, 0.1) is 21.3 Å². The van der Waals surface area contributed by atoms with Crippen molar-refractivity contribution in [3.63, 3.8) is 0 Å². The topological polar surface area (TPSA) is 79.8 Å². The lowest BCUT2D eigenvalue weighted by atomic mass is 10.2. The van der Waals surface area contributed by atoms with E-state index in [0.29, 0.717) is 5.95 Å². The smallest absolute Gasteiger partial charge is 0.227 e. The monoisotopic (exact) mass is 353 g/mol. The van der Waals surface area contributed by atoms with Gasteiger partial charge < -0.3 is 10.6 Å². The number of rotatable bonds is 5. The van der Waals surface area contributed by atoms with E-state index in [0.717, 1.165) is 39.1 Å². The van der Waals surface area contributed by atoms with E-state index in [1.165, 1.54) is 6.92 Å². The van der Waals surface area contributed by atoms with Crippen molar-refractivity contribution in [2.45, 2.75) is 27.2 Å². The van der Waals surface area contributed by atoms with Crippen LogP contribution in [0.3, 0.4) is 0 Å². The second kappa shape index (κ2) is 7.40. The molecule has 0 aliphatic heterocycles. The summed E-state index contributed by atoms with van der Waals surface area (Å²) in [5.41, 5.74) is 3.36. The third-order valence-electron chi connectivity index (χ3n) is 3.47. The van der Waals surface area contributed by atoms with Crippen LogP contribution in [0, 0.1) is 6.92 Å². The average molecular weight is 353 g/mol. The maximum Gasteiger partial charge on any atom is 0.227 e. The molecule has 3 rings (SSSR count). The Morgan fingerprint density at radius 1 is 1.20 bits per heavy atom. The SMILES string of the molecule is CCc1nc(C)c(-c2ccnc(Nc3cccc(NC(C)=O)c3)n2)s1. The lowest BCUT2D eigenvalue weighted by Crippen LogP contribution is -2.06. The van der Waals surface area contributed by atoms with Crippen molar-refractivity contribution in [1.29, 1.82) is 0 Å². The standard InChI is InChI=1S/C18H19N5OS/c1-4-16-20-11(2)17(25-16)15-8-9-19-18(23-15)22-14-7-5-6-13(10-14)21-12(3)24/h5-10H,4H2,1-3H3,(H,21,24)(H,19,22,23). The molecule has 6 nitrogen and oxygen atoms in total. The summed E-state index contributed by atoms with van der Waals surface area (Å²) in [4.78, 5) is 25.7. The first-order valence-electron chi connectivity index (χ1n) is 7.99. The van der Waals surface area contributed by atoms with Crippen molar-refractivity contribution in [2.24, 2.45) is 0 Å². The summed E-state index contributed by atoms with van der Waals surface area (Å²) in [6.45, 7) is 5.57. The van der Waals surface area contributed by atoms with Gasteiger partial charge in [-0.05, 0) is 37.6 Å². The fraction of sp³-hybridized carbons (Fsp3) is 0.222. The van der Waals surface area contributed by atoms with Gasteiger partial charge in [0.25, 0.3) is 0 Å². The van der Waals surface area contributed by atoms with Crippen LogP contribution in [0.5, 0.6) is 0 Å². The second-order valence-corrected chi connectivity index (χ2v) is 6.61. The van der Waals surface area contributed by atoms with Crippen molar-refractivity contribution in [3.8, 4) is 10.6 Å². The molecule has 0 atom stereocenters. The first kappa shape index (κ1) is 17.0. The molecule has 0 bridgehead atoms. The molecule has 2 heterocycles. The highest BCUT2D eigenvalue weighted by atomic mass is 32.1. The molecule has 3 aromatic rings. The quantitative estimate of drug-likeness (QED) is 0.719. The predicted molar refractivity (Wildman–Crippen MR) is 101 cm³/mol. The molecule has 2 aromatic heterocycles. The summed E-state index contributed by atoms with van der Waals surface area (Å²) in [6.07, 6.45) is 2.64. The Bertz CT molecular complexity index is 906. The van der Waals surface area contributed by atoms with Crippen molar-refractivity contribution >= 4 is 34.6 Å². The minimum Gasteiger partial charge on any atom is -0.326 e. The number of benzene rings is 1. The van der Waals surface area contributed by atoms with Gasteiger partial charge in [-0.2, -0.15) is 0 Å². The summed E-state index contributed by atoms with van der Waals surface area (Å²) in [5.74, 6) is 0.395. The van der Waals surface area contributed by atoms with Crippen LogP contribution in [-0.4, -0.2) is 20.9 Å². The van der Waals surface area contributed by atoms with E-state index >= 15 is 0 Å². The number of thiazole rings is 1. The molecule has 0 saturated carbocycles. The predicted octanol–water partition coefficient (Wildman–Crippen LogP) is 4.17. The zero-order valence-electron chi connectivity index (χ0n) is 14.3. The molecule has 0 aliphatic rings. The first-order chi connectivity index (χ1) is 12.0. The van der Waals surface area contributed by atoms with E-state index in [1.54, 1.807) is 17.5 Å². The Balaban J connectivity index is 1.84. The summed E-state index contributed by atoms with van der Waals surface area (Å²) in [6, 6.07) is 9.31. The van der Waals surface area contributed by atoms with E-state index in [4.69, 9.17) is 0 Å². The van der Waals surface area contributed by atoms with Crippen molar-refractivity contribution in [2.75, 3.05) is 10.6 Å². The number of aryl methyl sites for hydroxylation is 2. The van der Waals surface area contributed by atoms with E-state index in [2.05, 4.69) is 32.5 Å². The summed E-state index contributed by atoms with van der Waals surface area (Å²) >= 11 is 1.66. The number of hydrogen-bond donors (Lipinski definition) is 2. The van der Waals surface area contributed by atoms with Gasteiger partial charge in [0.15, 0.2) is 0 Å². The second-order valence-electron chi connectivity index (χ2n) is 5.53. The highest BCUT2D eigenvalue weighted by molar-refractivity contribution is 7.15. The Morgan fingerprint density at radius 2 is 2.00 bits per heavy atom. The fourth-order valence-electron chi connectivity index (χ4n) is 2.39. The van der Waals surface area contributed by atoms with Crippen molar-refractivity contribution < 1.29 is 4.79 Å². The van der Waals surface area contributed by atoms with Crippen LogP contribution in [0.4, 0.5) is 17.3 Å². The van der Waals surface area contributed by atoms with Crippen LogP contribution in [-0.2, 0) is 11.2 Å². The molecule has 0 saturated heterocycles. The maximum absolute atomic E-state index is 11.2. The molecular formula is C18H19N5OS. The van der Waals surface area contributed by atoms with Crippen LogP contribution in [0.2, 0.25) is 0 Å². The molecule has 0 spiro atoms. The minimum atomic E-state index is -0.109. The van der Waals surface area contributed by atoms with Crippen LogP contribution >= 0.6 is 11.3 Å². The molecule has 25 heavy (non-hydrogen) atoms. The highest BCUT2D eigenvalue weighted by Gasteiger charge is 2.11. The Kier molecular flexibility index (Phi) is 5.04. The van der Waals surface area contributed by atoms with Crippen molar-refractivity contribution in [1.82, 2.24) is 15.0 Å². The van der Waals surface area contributed by atoms with E-state index < -0.39 is 0 Å². The van der Waals surface area contributed by atoms with Crippen LogP contribution in [0.15, 0.2) is 36.5 Å². The van der Waals surface area contributed by atoms with Crippen molar-refractivity contribution in [3.05, 3.63) is 47.2 Å². The third-order valence-corrected chi connectivity index (χ3v) is 4.79. The normalized spacial score (nSPS) is 10.5. The Morgan fingerprint density at radius 3 is 2.72 bits per heavy atom. The number of carbonyl (C=O) groups excluding carboxylic acids is 1. The molecule has 2 N–H and O–H groups in total. The summed E-state index contributed by atoms with van der Waals surface area (Å²) in [7, 11) is 0. The van der Waals surface area contributed by atoms with Gasteiger partial charge in [-0.1, -0.05) is 13.0 Å². The number of amides is 1. The fourth-order valence-corrected chi connectivity index (χ4v) is 3.37. The third kappa shape index (κ3) is 4.19. The lowest BCUT2D eigenvalue weighted by molar-refractivity contribution is -0.114. The van der Waals surface area contributed by atoms with Crippen LogP contribution in [0.25, 0.3) is 10.6 Å². The summed E-state index contributed by atoms with van der Waals surface area (Å²) < 4.78 is 0. The van der Waals surface area contributed by atoms with E-state index in [-0.39, 0.29) is 5.91 Å². The summed E-state index contributed by atoms with van der Waals surface area (Å²) in [5, 5.41) is 7.04. The van der Waals surface area contributed by atoms with Crippen LogP contribution in [0.1, 0.15) is 24.5 Å². The van der Waals surface area contributed by atoms with Gasteiger partial charge >= 0.3 is 0 Å². The lowest BCUT2D eigenvalue weighted by Gasteiger charge is -2.08. The number of nitrogens with zero attached hydrogens (tertiary/aromatic N) is 3. The molecule has 7 heteroatoms. The van der Waals surface area contributed by atoms with Gasteiger partial charge in [-0.15, -0.1) is 11.3 Å². The minimum absolute atomic E-state index is 0.109. The molecular weight excluding hydrogens is 334 g/mol. The number of carbonyl (C=O) groups is 1. The average Bonchev–Trinajstić information content (AvgIpc) is 2.96. The van der Waals surface area contributed by atoms with Crippen LogP contribution < -0.4 is 10.6 Å². The van der Waals surface area contributed by atoms with E-state index in [9.17, 15) is 4.79 Å². The molecule has 0 fully saturated rings. The van der Waals surface area contributed by atoms with Gasteiger partial charge in [-0.25, -0.2) is 15.0 Å². The molecule has 0 radical (unpaired) electrons. The molecule has 128 valence electrons. The first-order valence-corrected chi connectivity index (χ1v) is 8.81. The number of nitrogens with one attached hydrogen (secondary N) is 2. The maximum atomic E-state index is 11.2.